The summed E-state index contributed by atoms with van der Waals surface area (Å²) in [5.41, 5.74) is 10.9. The molecule has 1 unspecified atom stereocenters. The van der Waals surface area contributed by atoms with Crippen molar-refractivity contribution in [3.8, 4) is 17.2 Å². The molecule has 122 heavy (non-hydrogen) atoms. The Kier molecular flexibility index (Phi) is 44.0. The predicted octanol–water partition coefficient (Wildman–Crippen LogP) is 18.8. The first kappa shape index (κ1) is 97.4. The molecule has 2 saturated heterocycles. The number of benzene rings is 8. The van der Waals surface area contributed by atoms with E-state index >= 15 is 0 Å². The predicted molar refractivity (Wildman–Crippen MR) is 495 cm³/mol. The number of carbonyl (C=O) groups excluding carboxylic acids is 2. The summed E-state index contributed by atoms with van der Waals surface area (Å²) in [5.74, 6) is 3.39. The van der Waals surface area contributed by atoms with Crippen LogP contribution in [0, 0.1) is 17.9 Å². The van der Waals surface area contributed by atoms with Gasteiger partial charge in [-0.2, -0.15) is 12.1 Å². The Bertz CT molecular complexity index is 4410. The fraction of sp³-hybridized carbons (Fsp3) is 0.380. The molecule has 3 aliphatic rings. The smallest absolute Gasteiger partial charge is 0.535 e. The number of likely N-dealkylation sites (tertiary alicyclic amines) is 2. The molecule has 6 heterocycles. The number of ketones is 1. The van der Waals surface area contributed by atoms with Crippen molar-refractivity contribution in [3.63, 3.8) is 0 Å². The number of carbonyl (C=O) groups is 2. The van der Waals surface area contributed by atoms with Gasteiger partial charge in [0.1, 0.15) is 11.5 Å². The van der Waals surface area contributed by atoms with Crippen LogP contribution in [0.1, 0.15) is 168 Å². The second-order valence-corrected chi connectivity index (χ2v) is 32.4. The van der Waals surface area contributed by atoms with E-state index in [2.05, 4.69) is 253 Å². The number of aliphatic hydroxyl groups is 2. The van der Waals surface area contributed by atoms with Gasteiger partial charge in [0.2, 0.25) is 5.91 Å². The van der Waals surface area contributed by atoms with Gasteiger partial charge in [0.15, 0.2) is 5.78 Å². The van der Waals surface area contributed by atoms with Gasteiger partial charge < -0.3 is 34.3 Å². The van der Waals surface area contributed by atoms with E-state index in [4.69, 9.17) is 14.2 Å². The van der Waals surface area contributed by atoms with Crippen LogP contribution < -0.4 is 33.1 Å². The van der Waals surface area contributed by atoms with Crippen LogP contribution in [0.3, 0.4) is 0 Å². The molecule has 8 aromatic carbocycles. The molecule has 14 rings (SSSR count). The zero-order valence-electron chi connectivity index (χ0n) is 74.0. The first-order chi connectivity index (χ1) is 59.2. The summed E-state index contributed by atoms with van der Waals surface area (Å²) in [6.07, 6.45) is 34.0. The number of ether oxygens (including phenoxy) is 3. The van der Waals surface area contributed by atoms with Crippen LogP contribution >= 0.6 is 0 Å². The van der Waals surface area contributed by atoms with Crippen LogP contribution in [0.4, 0.5) is 0 Å². The normalized spacial score (nSPS) is 18.5. The Morgan fingerprint density at radius 3 is 1.21 bits per heavy atom. The van der Waals surface area contributed by atoms with Gasteiger partial charge >= 0.3 is 18.9 Å². The third-order valence-electron chi connectivity index (χ3n) is 23.5. The molecule has 2 N–H and O–H groups in total. The van der Waals surface area contributed by atoms with Gasteiger partial charge in [-0.15, -0.1) is 0 Å². The summed E-state index contributed by atoms with van der Waals surface area (Å²) < 4.78 is 14.9. The Morgan fingerprint density at radius 1 is 0.434 bits per heavy atom. The van der Waals surface area contributed by atoms with Crippen LogP contribution in [0.5, 0.6) is 17.2 Å². The number of aryl methyl sites for hydroxylation is 1. The number of hydrogen-bond acceptors (Lipinski definition) is 12. The number of hydrogen-bond donors (Lipinski definition) is 2. The van der Waals surface area contributed by atoms with E-state index in [1.165, 1.54) is 77.5 Å². The van der Waals surface area contributed by atoms with Crippen LogP contribution in [0.2, 0.25) is 0 Å². The maximum absolute atomic E-state index is 13.1. The van der Waals surface area contributed by atoms with Crippen molar-refractivity contribution < 1.29 is 52.9 Å². The number of nitrogens with zero attached hydrogens (tertiary/aromatic N) is 6. The molecule has 14 heteroatoms. The van der Waals surface area contributed by atoms with Gasteiger partial charge in [-0.25, -0.2) is 0 Å². The molecule has 3 aromatic heterocycles. The average Bonchev–Trinajstić information content (AvgIpc) is 0.777. The van der Waals surface area contributed by atoms with E-state index in [0.717, 1.165) is 150 Å². The summed E-state index contributed by atoms with van der Waals surface area (Å²) in [7, 11) is 4.94. The van der Waals surface area contributed by atoms with Gasteiger partial charge in [-0.1, -0.05) is 321 Å². The molecule has 1 amide bonds. The molecule has 0 aliphatic carbocycles. The molecule has 638 valence electrons. The molecule has 13 nitrogen and oxygen atoms in total. The Morgan fingerprint density at radius 2 is 0.828 bits per heavy atom. The molecular formula is C108H133LiN6O7. The summed E-state index contributed by atoms with van der Waals surface area (Å²) in [6, 6.07) is 95.0. The van der Waals surface area contributed by atoms with Crippen molar-refractivity contribution in [3.05, 3.63) is 372 Å². The van der Waals surface area contributed by atoms with Crippen LogP contribution in [0.25, 0.3) is 0 Å². The van der Waals surface area contributed by atoms with Crippen molar-refractivity contribution in [1.29, 1.82) is 0 Å². The maximum atomic E-state index is 13.1. The van der Waals surface area contributed by atoms with Crippen molar-refractivity contribution in [1.82, 2.24) is 29.7 Å². The second kappa shape index (κ2) is 55.1. The van der Waals surface area contributed by atoms with Crippen LogP contribution in [-0.4, -0.2) is 128 Å². The zero-order chi connectivity index (χ0) is 85.4. The standard InChI is InChI=1S/2C31H39NO.C24H27NO2.C10H15NO.C6H7NO.C6H6NO.Li/c2*1-2-3-19-29-25-32(21-20-26-13-7-4-8-14-26)30(22-27-15-9-5-10-16-27)24-31(29,33)23-28-17-11-6-12-18-28;1-2-3-14-21-18-25(24(27)16-20-12-8-5-9-13-20)22(17-23(21)26)15-19-10-6-4-7-11-19;1-3-4-5-9-8-11-7-6-10(9)12-2;2*1-8-6-2-4-7-5-3-6;/h2*4-18,29-30,33H,2-3,19-25H2,1H3;4-13,18,22H,2-3,14-17H2,1H3;6-8H,3-5H2,1-2H3;2-5H,1H3;2,4-5H,1H3;/q;;;;;-1;+1/t29-,30+,31+;29-,30-,31-;;;;;/m10...../s1. The summed E-state index contributed by atoms with van der Waals surface area (Å²) >= 11 is 0. The van der Waals surface area contributed by atoms with Crippen molar-refractivity contribution in [2.75, 3.05) is 47.5 Å². The molecule has 0 bridgehead atoms. The van der Waals surface area contributed by atoms with E-state index in [1.54, 1.807) is 70.5 Å². The van der Waals surface area contributed by atoms with E-state index < -0.39 is 11.2 Å². The maximum Gasteiger partial charge on any atom is 1.00 e. The van der Waals surface area contributed by atoms with Gasteiger partial charge in [-0.05, 0) is 152 Å². The number of amides is 1. The second-order valence-electron chi connectivity index (χ2n) is 32.4. The molecule has 3 aliphatic heterocycles. The van der Waals surface area contributed by atoms with E-state index in [0.29, 0.717) is 43.2 Å². The number of aromatic nitrogens is 3. The van der Waals surface area contributed by atoms with Crippen molar-refractivity contribution >= 4 is 11.7 Å². The third-order valence-corrected chi connectivity index (χ3v) is 23.5. The monoisotopic (exact) mass is 1630 g/mol. The first-order valence-electron chi connectivity index (χ1n) is 44.3. The van der Waals surface area contributed by atoms with E-state index in [-0.39, 0.29) is 36.6 Å². The first-order valence-corrected chi connectivity index (χ1v) is 44.3. The Balaban J connectivity index is 0.000000195. The average molecular weight is 1630 g/mol. The molecule has 11 aromatic rings. The fourth-order valence-electron chi connectivity index (χ4n) is 16.7. The van der Waals surface area contributed by atoms with Gasteiger partial charge in [0, 0.05) is 118 Å². The minimum Gasteiger partial charge on any atom is -0.535 e. The minimum atomic E-state index is -0.654. The van der Waals surface area contributed by atoms with Crippen LogP contribution in [0.15, 0.2) is 316 Å². The Labute approximate surface area is 742 Å². The number of rotatable bonds is 33. The molecule has 2 fully saturated rings. The number of allylic oxidation sites excluding steroid dienone is 1. The molecule has 0 saturated carbocycles. The fourth-order valence-corrected chi connectivity index (χ4v) is 16.7. The molecule has 7 atom stereocenters. The largest absolute Gasteiger partial charge is 1.00 e. The van der Waals surface area contributed by atoms with E-state index in [1.807, 2.05) is 71.9 Å². The summed E-state index contributed by atoms with van der Waals surface area (Å²) in [6.45, 7) is 12.9. The number of methoxy groups -OCH3 is 3. The number of piperidine rings is 2. The van der Waals surface area contributed by atoms with Gasteiger partial charge in [-0.3, -0.25) is 29.4 Å². The third kappa shape index (κ3) is 33.6. The van der Waals surface area contributed by atoms with Crippen LogP contribution in [-0.2, 0) is 67.4 Å². The summed E-state index contributed by atoms with van der Waals surface area (Å²) in [5, 5.41) is 24.3. The molecule has 0 radical (unpaired) electrons. The molecule has 0 spiro atoms. The number of unbranched alkanes of at least 4 members (excludes halogenated alkanes) is 4. The van der Waals surface area contributed by atoms with E-state index in [9.17, 15) is 19.8 Å². The van der Waals surface area contributed by atoms with Crippen molar-refractivity contribution in [2.24, 2.45) is 11.8 Å². The Hall–Kier alpha value is -10.1. The topological polar surface area (TPSA) is 151 Å². The number of Topliss-reactive ketones (excluding diaryl/α,β-unsaturated/α-hetero) is 1. The zero-order valence-corrected chi connectivity index (χ0v) is 74.0. The number of pyridine rings is 3. The molecular weight excluding hydrogens is 1500 g/mol. The van der Waals surface area contributed by atoms with Crippen molar-refractivity contribution in [2.45, 2.75) is 205 Å². The quantitative estimate of drug-likeness (QED) is 0.0298. The summed E-state index contributed by atoms with van der Waals surface area (Å²) in [4.78, 5) is 44.5. The SMILES string of the molecule is CCCCC1=CN(C(=O)Cc2ccccc2)C(Cc2ccccc2)CC1=O.CCCC[C@@H]1CN(CCc2ccccc2)[C@@H](Cc2ccccc2)C[C@@]1(O)Cc1ccccc1.CCCC[C@H]1CN(CCc2ccccc2)[C@@H](Cc2ccccc2)C[C@@]1(O)Cc1ccccc1.CCCCc1cnccc1OC.COc1[c-]cncc1.COc1ccncc1.[Li+]. The minimum absolute atomic E-state index is 0. The van der Waals surface area contributed by atoms with Gasteiger partial charge in [0.25, 0.3) is 0 Å². The van der Waals surface area contributed by atoms with Gasteiger partial charge in [0.05, 0.1) is 39.0 Å².